The van der Waals surface area contributed by atoms with E-state index in [1.54, 1.807) is 0 Å². The third-order valence-corrected chi connectivity index (χ3v) is 20.3. The van der Waals surface area contributed by atoms with Gasteiger partial charge in [-0.1, -0.05) is 41.5 Å². The molecule has 3 unspecified atom stereocenters. The standard InChI is InChI=1S/C51H79NO16/c1-26-11-14-36-29(4)39(57-42-49(36)33(26)17-20-45(8,60-42)63-66-49)54-23-48(52-32(7)53,24-55-40-30(5)37-15-12-27(2)34-18-21-46(9)61-43(58-40)50(34,37)67-64-46)25-56-41-31(6)38-16-13-28(3)35-19-22-47(10)62-44(59-41)51(35,38)68-65-47/h26-31,33-44H,11-25H2,1-10H3,(H,52,53)/t26-,27-,28-,29-,30-,31-,33+,34+,35+,36+,37+,38+,39?,40?,41?,42-,43-,44-,45+,46+,47+,48?,49-,50-,51-/m1/s1. The van der Waals surface area contributed by atoms with Gasteiger partial charge in [-0.25, -0.2) is 29.3 Å². The highest BCUT2D eigenvalue weighted by atomic mass is 17.3. The Kier molecular flexibility index (Phi) is 11.7. The van der Waals surface area contributed by atoms with E-state index >= 15 is 0 Å². The summed E-state index contributed by atoms with van der Waals surface area (Å²) in [5.74, 6) is -1.41. The number of fused-ring (bicyclic) bond motifs is 6. The summed E-state index contributed by atoms with van der Waals surface area (Å²) in [6.45, 7) is 20.6. The Morgan fingerprint density at radius 1 is 0.471 bits per heavy atom. The second kappa shape index (κ2) is 16.7. The molecule has 1 N–H and O–H groups in total. The van der Waals surface area contributed by atoms with Crippen molar-refractivity contribution in [3.05, 3.63) is 0 Å². The molecule has 1 amide bonds. The predicted molar refractivity (Wildman–Crippen MR) is 235 cm³/mol. The van der Waals surface area contributed by atoms with Crippen molar-refractivity contribution in [1.82, 2.24) is 5.32 Å². The molecule has 384 valence electrons. The lowest BCUT2D eigenvalue weighted by molar-refractivity contribution is -0.578. The van der Waals surface area contributed by atoms with E-state index in [0.717, 1.165) is 57.8 Å². The lowest BCUT2D eigenvalue weighted by Gasteiger charge is -2.60. The van der Waals surface area contributed by atoms with Crippen LogP contribution in [0.5, 0.6) is 0 Å². The number of ether oxygens (including phenoxy) is 9. The van der Waals surface area contributed by atoms with E-state index in [1.807, 2.05) is 20.8 Å². The summed E-state index contributed by atoms with van der Waals surface area (Å²) in [7, 11) is 0. The van der Waals surface area contributed by atoms with Gasteiger partial charge in [-0.05, 0) is 114 Å². The maximum atomic E-state index is 13.6. The van der Waals surface area contributed by atoms with E-state index in [4.69, 9.17) is 72.0 Å². The summed E-state index contributed by atoms with van der Waals surface area (Å²) in [6.07, 6.45) is 6.59. The quantitative estimate of drug-likeness (QED) is 0.213. The summed E-state index contributed by atoms with van der Waals surface area (Å²) in [5, 5.41) is 3.29. The minimum absolute atomic E-state index is 0.0193. The third-order valence-electron chi connectivity index (χ3n) is 20.3. The number of carbonyl (C=O) groups is 1. The number of hydrogen-bond donors (Lipinski definition) is 1. The number of amides is 1. The largest absolute Gasteiger partial charge is 0.350 e. The van der Waals surface area contributed by atoms with Gasteiger partial charge < -0.3 is 47.9 Å². The summed E-state index contributed by atoms with van der Waals surface area (Å²) < 4.78 is 62.0. The molecule has 0 aromatic heterocycles. The average Bonchev–Trinajstić information content (AvgIpc) is 3.78. The third kappa shape index (κ3) is 7.11. The number of hydrogen-bond acceptors (Lipinski definition) is 16. The molecule has 68 heavy (non-hydrogen) atoms. The molecule has 0 aromatic rings. The van der Waals surface area contributed by atoms with Crippen LogP contribution in [0.2, 0.25) is 0 Å². The molecular formula is C51H79NO16. The van der Waals surface area contributed by atoms with Crippen molar-refractivity contribution in [3.63, 3.8) is 0 Å². The van der Waals surface area contributed by atoms with Gasteiger partial charge in [0.1, 0.15) is 5.54 Å². The Hall–Kier alpha value is -1.13. The lowest BCUT2D eigenvalue weighted by Crippen LogP contribution is -2.71. The van der Waals surface area contributed by atoms with E-state index in [0.29, 0.717) is 37.0 Å². The molecule has 3 saturated carbocycles. The first-order valence-electron chi connectivity index (χ1n) is 26.6. The van der Waals surface area contributed by atoms with Crippen molar-refractivity contribution in [2.75, 3.05) is 19.8 Å². The summed E-state index contributed by atoms with van der Waals surface area (Å²) in [6, 6.07) is 0. The Balaban J connectivity index is 0.844. The van der Waals surface area contributed by atoms with Gasteiger partial charge in [0.25, 0.3) is 0 Å². The van der Waals surface area contributed by atoms with E-state index in [-0.39, 0.29) is 79.0 Å². The molecule has 6 bridgehead atoms. The van der Waals surface area contributed by atoms with Crippen molar-refractivity contribution < 1.29 is 76.8 Å². The van der Waals surface area contributed by atoms with Crippen LogP contribution in [0.25, 0.3) is 0 Å². The second-order valence-corrected chi connectivity index (χ2v) is 24.7. The maximum absolute atomic E-state index is 13.6. The average molecular weight is 962 g/mol. The molecule has 12 heterocycles. The molecule has 15 rings (SSSR count). The van der Waals surface area contributed by atoms with E-state index in [1.165, 1.54) is 6.92 Å². The number of carbonyl (C=O) groups excluding carboxylic acids is 1. The Labute approximate surface area is 401 Å². The lowest BCUT2D eigenvalue weighted by atomic mass is 9.58. The number of rotatable bonds is 10. The zero-order chi connectivity index (χ0) is 47.4. The molecule has 15 aliphatic rings. The first kappa shape index (κ1) is 47.8. The molecular weight excluding hydrogens is 883 g/mol. The van der Waals surface area contributed by atoms with Crippen LogP contribution in [0.15, 0.2) is 0 Å². The van der Waals surface area contributed by atoms with Crippen LogP contribution >= 0.6 is 0 Å². The zero-order valence-electron chi connectivity index (χ0n) is 42.0. The van der Waals surface area contributed by atoms with Crippen LogP contribution in [0, 0.1) is 71.0 Å². The van der Waals surface area contributed by atoms with Crippen molar-refractivity contribution in [3.8, 4) is 0 Å². The SMILES string of the molecule is CC(=O)NC(COC1O[C@@H]2O[C@]3(C)CC[C@H]4[C@H](C)CC[C@@H]([C@H]1C)[C@@]24OO3)(COC1O[C@@H]2O[C@]3(C)CC[C@H]4[C@H](C)CC[C@@H]([C@H]1C)[C@@]24OO3)COC1O[C@@H]2O[C@]3(C)CC[C@H]4[C@H](C)CC[C@@H]([C@H]1C)[C@@]24OO3. The molecule has 3 aliphatic carbocycles. The van der Waals surface area contributed by atoms with E-state index in [9.17, 15) is 4.79 Å². The highest BCUT2D eigenvalue weighted by Crippen LogP contribution is 2.64. The van der Waals surface area contributed by atoms with Gasteiger partial charge in [-0.15, -0.1) is 0 Å². The normalized spacial score (nSPS) is 57.3. The molecule has 3 spiro atoms. The Morgan fingerprint density at radius 2 is 0.779 bits per heavy atom. The van der Waals surface area contributed by atoms with Crippen LogP contribution < -0.4 is 5.32 Å². The smallest absolute Gasteiger partial charge is 0.217 e. The minimum atomic E-state index is -1.25. The fourth-order valence-corrected chi connectivity index (χ4v) is 16.5. The highest BCUT2D eigenvalue weighted by molar-refractivity contribution is 5.74. The molecule has 17 heteroatoms. The monoisotopic (exact) mass is 962 g/mol. The predicted octanol–water partition coefficient (Wildman–Crippen LogP) is 7.54. The zero-order valence-corrected chi connectivity index (χ0v) is 42.0. The number of nitrogens with one attached hydrogen (secondary N) is 1. The molecule has 0 aromatic carbocycles. The van der Waals surface area contributed by atoms with E-state index in [2.05, 4.69) is 46.9 Å². The first-order valence-corrected chi connectivity index (χ1v) is 26.6. The van der Waals surface area contributed by atoms with Gasteiger partial charge in [0.2, 0.25) is 23.3 Å². The fraction of sp³-hybridized carbons (Fsp3) is 0.980. The fourth-order valence-electron chi connectivity index (χ4n) is 16.5. The molecule has 12 aliphatic heterocycles. The van der Waals surface area contributed by atoms with Crippen LogP contribution in [0.4, 0.5) is 0 Å². The van der Waals surface area contributed by atoms with Crippen molar-refractivity contribution >= 4 is 5.91 Å². The van der Waals surface area contributed by atoms with Gasteiger partial charge >= 0.3 is 0 Å². The first-order chi connectivity index (χ1) is 32.4. The van der Waals surface area contributed by atoms with E-state index < -0.39 is 77.4 Å². The van der Waals surface area contributed by atoms with Crippen LogP contribution in [-0.4, -0.2) is 103 Å². The molecule has 0 radical (unpaired) electrons. The van der Waals surface area contributed by atoms with Crippen molar-refractivity contribution in [2.45, 2.75) is 224 Å². The molecule has 17 nitrogen and oxygen atoms in total. The topological polar surface area (TPSA) is 168 Å². The Bertz CT molecular complexity index is 1730. The highest BCUT2D eigenvalue weighted by Gasteiger charge is 2.73. The van der Waals surface area contributed by atoms with Gasteiger partial charge in [-0.2, -0.15) is 0 Å². The van der Waals surface area contributed by atoms with Crippen LogP contribution in [0.3, 0.4) is 0 Å². The van der Waals surface area contributed by atoms with Crippen molar-refractivity contribution in [1.29, 1.82) is 0 Å². The summed E-state index contributed by atoms with van der Waals surface area (Å²) in [4.78, 5) is 51.3. The van der Waals surface area contributed by atoms with Crippen molar-refractivity contribution in [2.24, 2.45) is 71.0 Å². The van der Waals surface area contributed by atoms with Crippen LogP contribution in [-0.2, 0) is 76.8 Å². The summed E-state index contributed by atoms with van der Waals surface area (Å²) in [5.41, 5.74) is -3.52. The van der Waals surface area contributed by atoms with Gasteiger partial charge in [0.15, 0.2) is 54.5 Å². The van der Waals surface area contributed by atoms with Crippen LogP contribution in [0.1, 0.15) is 146 Å². The summed E-state index contributed by atoms with van der Waals surface area (Å²) >= 11 is 0. The minimum Gasteiger partial charge on any atom is -0.350 e. The van der Waals surface area contributed by atoms with Gasteiger partial charge in [0, 0.05) is 61.7 Å². The molecule has 12 saturated heterocycles. The Morgan fingerprint density at radius 3 is 1.07 bits per heavy atom. The second-order valence-electron chi connectivity index (χ2n) is 24.7. The molecule has 24 atom stereocenters. The van der Waals surface area contributed by atoms with Gasteiger partial charge in [-0.3, -0.25) is 4.79 Å². The molecule has 15 fully saturated rings. The van der Waals surface area contributed by atoms with Gasteiger partial charge in [0.05, 0.1) is 19.8 Å². The maximum Gasteiger partial charge on any atom is 0.217 e.